The second-order valence-corrected chi connectivity index (χ2v) is 5.79. The summed E-state index contributed by atoms with van der Waals surface area (Å²) in [6.45, 7) is 9.43. The number of hydrogen-bond donors (Lipinski definition) is 0. The third-order valence-corrected chi connectivity index (χ3v) is 4.45. The summed E-state index contributed by atoms with van der Waals surface area (Å²) in [6, 6.07) is 0. The molecule has 0 unspecified atom stereocenters. The highest BCUT2D eigenvalue weighted by molar-refractivity contribution is 5.23. The van der Waals surface area contributed by atoms with E-state index in [9.17, 15) is 0 Å². The van der Waals surface area contributed by atoms with Crippen LogP contribution in [0.25, 0.3) is 0 Å². The van der Waals surface area contributed by atoms with Crippen LogP contribution in [-0.4, -0.2) is 0 Å². The van der Waals surface area contributed by atoms with E-state index >= 15 is 0 Å². The molecule has 3 atom stereocenters. The SMILES string of the molecule is CC1=CCC(C(C)C)=C[C@H]2[C@H](C)CC[C@H]12. The fraction of sp³-hybridized carbons (Fsp3) is 0.733. The summed E-state index contributed by atoms with van der Waals surface area (Å²) < 4.78 is 0. The van der Waals surface area contributed by atoms with Crippen LogP contribution >= 0.6 is 0 Å². The second kappa shape index (κ2) is 4.15. The Labute approximate surface area is 94.5 Å². The standard InChI is InChI=1S/C15H24/c1-10(2)13-7-5-11(3)14-8-6-12(4)15(14)9-13/h5,9-10,12,14-15H,6-8H2,1-4H3/t12-,14-,15+/m1/s1. The van der Waals surface area contributed by atoms with E-state index in [0.29, 0.717) is 0 Å². The molecule has 0 N–H and O–H groups in total. The molecule has 1 saturated carbocycles. The van der Waals surface area contributed by atoms with Gasteiger partial charge in [0.1, 0.15) is 0 Å². The van der Waals surface area contributed by atoms with Crippen LogP contribution in [0.15, 0.2) is 23.3 Å². The average molecular weight is 204 g/mol. The summed E-state index contributed by atoms with van der Waals surface area (Å²) in [5.74, 6) is 3.31. The van der Waals surface area contributed by atoms with E-state index in [-0.39, 0.29) is 0 Å². The first-order valence-corrected chi connectivity index (χ1v) is 6.47. The van der Waals surface area contributed by atoms with Crippen LogP contribution in [0.5, 0.6) is 0 Å². The van der Waals surface area contributed by atoms with Crippen molar-refractivity contribution in [3.05, 3.63) is 23.3 Å². The Balaban J connectivity index is 2.29. The van der Waals surface area contributed by atoms with Gasteiger partial charge in [-0.3, -0.25) is 0 Å². The molecule has 0 heteroatoms. The first kappa shape index (κ1) is 11.0. The molecule has 0 aromatic rings. The second-order valence-electron chi connectivity index (χ2n) is 5.79. The minimum absolute atomic E-state index is 0.723. The molecule has 0 spiro atoms. The van der Waals surface area contributed by atoms with E-state index in [1.54, 1.807) is 11.1 Å². The minimum atomic E-state index is 0.723. The van der Waals surface area contributed by atoms with Crippen molar-refractivity contribution in [3.63, 3.8) is 0 Å². The predicted molar refractivity (Wildman–Crippen MR) is 66.7 cm³/mol. The molecule has 0 bridgehead atoms. The Morgan fingerprint density at radius 1 is 1.27 bits per heavy atom. The predicted octanol–water partition coefficient (Wildman–Crippen LogP) is 4.58. The molecule has 2 aliphatic carbocycles. The van der Waals surface area contributed by atoms with E-state index in [2.05, 4.69) is 39.8 Å². The lowest BCUT2D eigenvalue weighted by Gasteiger charge is -2.20. The lowest BCUT2D eigenvalue weighted by atomic mass is 9.85. The lowest BCUT2D eigenvalue weighted by molar-refractivity contribution is 0.439. The first-order chi connectivity index (χ1) is 7.09. The molecule has 2 rings (SSSR count). The van der Waals surface area contributed by atoms with Crippen LogP contribution in [0.3, 0.4) is 0 Å². The highest BCUT2D eigenvalue weighted by Gasteiger charge is 2.34. The number of allylic oxidation sites excluding steroid dienone is 4. The van der Waals surface area contributed by atoms with Gasteiger partial charge in [0.25, 0.3) is 0 Å². The van der Waals surface area contributed by atoms with Gasteiger partial charge < -0.3 is 0 Å². The molecule has 0 aliphatic heterocycles. The maximum absolute atomic E-state index is 2.61. The molecule has 2 aliphatic rings. The molecule has 1 fully saturated rings. The van der Waals surface area contributed by atoms with Crippen LogP contribution in [0.4, 0.5) is 0 Å². The number of fused-ring (bicyclic) bond motifs is 1. The zero-order chi connectivity index (χ0) is 11.0. The van der Waals surface area contributed by atoms with Gasteiger partial charge in [0, 0.05) is 0 Å². The molecule has 15 heavy (non-hydrogen) atoms. The summed E-state index contributed by atoms with van der Waals surface area (Å²) in [5, 5.41) is 0. The van der Waals surface area contributed by atoms with E-state index in [1.165, 1.54) is 19.3 Å². The smallest absolute Gasteiger partial charge is 0.0133 e. The van der Waals surface area contributed by atoms with Gasteiger partial charge in [-0.1, -0.05) is 44.1 Å². The summed E-state index contributed by atoms with van der Waals surface area (Å²) in [7, 11) is 0. The van der Waals surface area contributed by atoms with Crippen LogP contribution in [0, 0.1) is 23.7 Å². The van der Waals surface area contributed by atoms with Crippen molar-refractivity contribution in [2.45, 2.75) is 47.0 Å². The highest BCUT2D eigenvalue weighted by atomic mass is 14.4. The molecule has 0 saturated heterocycles. The van der Waals surface area contributed by atoms with Gasteiger partial charge in [-0.05, 0) is 49.9 Å². The normalized spacial score (nSPS) is 35.9. The zero-order valence-electron chi connectivity index (χ0n) is 10.6. The number of rotatable bonds is 1. The van der Waals surface area contributed by atoms with Crippen molar-refractivity contribution in [3.8, 4) is 0 Å². The fourth-order valence-electron chi connectivity index (χ4n) is 3.21. The van der Waals surface area contributed by atoms with Gasteiger partial charge in [-0.25, -0.2) is 0 Å². The summed E-state index contributed by atoms with van der Waals surface area (Å²) in [4.78, 5) is 0. The molecule has 84 valence electrons. The highest BCUT2D eigenvalue weighted by Crippen LogP contribution is 2.44. The van der Waals surface area contributed by atoms with Crippen molar-refractivity contribution >= 4 is 0 Å². The Morgan fingerprint density at radius 2 is 2.00 bits per heavy atom. The van der Waals surface area contributed by atoms with Gasteiger partial charge in [-0.15, -0.1) is 0 Å². The van der Waals surface area contributed by atoms with Gasteiger partial charge in [0.05, 0.1) is 0 Å². The maximum atomic E-state index is 2.61. The maximum Gasteiger partial charge on any atom is -0.0133 e. The Morgan fingerprint density at radius 3 is 2.67 bits per heavy atom. The Hall–Kier alpha value is -0.520. The largest absolute Gasteiger partial charge is 0.0812 e. The molecule has 0 aromatic heterocycles. The third kappa shape index (κ3) is 2.04. The van der Waals surface area contributed by atoms with Crippen LogP contribution < -0.4 is 0 Å². The Bertz CT molecular complexity index is 293. The van der Waals surface area contributed by atoms with Gasteiger partial charge in [0.2, 0.25) is 0 Å². The van der Waals surface area contributed by atoms with E-state index in [0.717, 1.165) is 23.7 Å². The molecular weight excluding hydrogens is 180 g/mol. The molecule has 0 radical (unpaired) electrons. The van der Waals surface area contributed by atoms with Gasteiger partial charge in [0.15, 0.2) is 0 Å². The van der Waals surface area contributed by atoms with Crippen molar-refractivity contribution in [1.29, 1.82) is 0 Å². The monoisotopic (exact) mass is 204 g/mol. The average Bonchev–Trinajstić information content (AvgIpc) is 2.43. The number of hydrogen-bond acceptors (Lipinski definition) is 0. The Kier molecular flexibility index (Phi) is 3.04. The van der Waals surface area contributed by atoms with E-state index in [1.807, 2.05) is 0 Å². The summed E-state index contributed by atoms with van der Waals surface area (Å²) in [6.07, 6.45) is 9.12. The van der Waals surface area contributed by atoms with E-state index in [4.69, 9.17) is 0 Å². The molecule has 0 nitrogen and oxygen atoms in total. The van der Waals surface area contributed by atoms with Crippen LogP contribution in [-0.2, 0) is 0 Å². The molecule has 0 amide bonds. The van der Waals surface area contributed by atoms with Gasteiger partial charge >= 0.3 is 0 Å². The topological polar surface area (TPSA) is 0 Å². The fourth-order valence-corrected chi connectivity index (χ4v) is 3.21. The van der Waals surface area contributed by atoms with Gasteiger partial charge in [-0.2, -0.15) is 0 Å². The molecular formula is C15H24. The zero-order valence-corrected chi connectivity index (χ0v) is 10.6. The van der Waals surface area contributed by atoms with Crippen molar-refractivity contribution < 1.29 is 0 Å². The summed E-state index contributed by atoms with van der Waals surface area (Å²) in [5.41, 5.74) is 3.31. The molecule has 0 aromatic carbocycles. The van der Waals surface area contributed by atoms with Crippen molar-refractivity contribution in [2.75, 3.05) is 0 Å². The lowest BCUT2D eigenvalue weighted by Crippen LogP contribution is -2.11. The third-order valence-electron chi connectivity index (χ3n) is 4.45. The first-order valence-electron chi connectivity index (χ1n) is 6.47. The quantitative estimate of drug-likeness (QED) is 0.548. The minimum Gasteiger partial charge on any atom is -0.0812 e. The summed E-state index contributed by atoms with van der Waals surface area (Å²) >= 11 is 0. The van der Waals surface area contributed by atoms with Crippen molar-refractivity contribution in [2.24, 2.45) is 23.7 Å². The molecule has 0 heterocycles. The van der Waals surface area contributed by atoms with E-state index < -0.39 is 0 Å². The van der Waals surface area contributed by atoms with Crippen LogP contribution in [0.2, 0.25) is 0 Å². The van der Waals surface area contributed by atoms with Crippen molar-refractivity contribution in [1.82, 2.24) is 0 Å². The van der Waals surface area contributed by atoms with Crippen LogP contribution in [0.1, 0.15) is 47.0 Å².